The van der Waals surface area contributed by atoms with Gasteiger partial charge in [0.15, 0.2) is 0 Å². The highest BCUT2D eigenvalue weighted by Crippen LogP contribution is 2.28. The molecule has 5 heteroatoms. The summed E-state index contributed by atoms with van der Waals surface area (Å²) in [5, 5.41) is 17.7. The van der Waals surface area contributed by atoms with Gasteiger partial charge in [0, 0.05) is 24.3 Å². The first-order valence-corrected chi connectivity index (χ1v) is 7.72. The summed E-state index contributed by atoms with van der Waals surface area (Å²) in [4.78, 5) is 11.8. The summed E-state index contributed by atoms with van der Waals surface area (Å²) >= 11 is 0. The molecule has 1 aromatic heterocycles. The number of aliphatic hydroxyl groups is 1. The van der Waals surface area contributed by atoms with Crippen LogP contribution in [0.5, 0.6) is 0 Å². The van der Waals surface area contributed by atoms with E-state index in [1.807, 2.05) is 0 Å². The number of aromatic nitrogens is 2. The van der Waals surface area contributed by atoms with Gasteiger partial charge in [-0.1, -0.05) is 0 Å². The van der Waals surface area contributed by atoms with Crippen molar-refractivity contribution in [3.8, 4) is 0 Å². The molecule has 0 radical (unpaired) electrons. The smallest absolute Gasteiger partial charge is 0.266 e. The van der Waals surface area contributed by atoms with E-state index in [9.17, 15) is 9.90 Å². The van der Waals surface area contributed by atoms with E-state index < -0.39 is 0 Å². The van der Waals surface area contributed by atoms with Gasteiger partial charge in [0.2, 0.25) is 0 Å². The molecule has 0 bridgehead atoms. The zero-order valence-electron chi connectivity index (χ0n) is 11.7. The first-order valence-electron chi connectivity index (χ1n) is 7.72. The van der Waals surface area contributed by atoms with Crippen LogP contribution in [0, 0.1) is 0 Å². The van der Waals surface area contributed by atoms with Gasteiger partial charge in [0.1, 0.15) is 0 Å². The molecule has 0 spiro atoms. The highest BCUT2D eigenvalue weighted by molar-refractivity contribution is 4.91. The molecule has 2 unspecified atom stereocenters. The summed E-state index contributed by atoms with van der Waals surface area (Å²) in [5.41, 5.74) is -0.00451. The molecule has 2 saturated carbocycles. The number of hydrogen-bond donors (Lipinski definition) is 2. The zero-order chi connectivity index (χ0) is 13.9. The third-order valence-corrected chi connectivity index (χ3v) is 4.71. The predicted molar refractivity (Wildman–Crippen MR) is 76.6 cm³/mol. The second-order valence-corrected chi connectivity index (χ2v) is 6.08. The molecular weight excluding hydrogens is 254 g/mol. The largest absolute Gasteiger partial charge is 0.392 e. The van der Waals surface area contributed by atoms with E-state index in [1.165, 1.54) is 0 Å². The van der Waals surface area contributed by atoms with E-state index in [4.69, 9.17) is 0 Å². The molecule has 2 aliphatic rings. The van der Waals surface area contributed by atoms with Gasteiger partial charge < -0.3 is 10.4 Å². The highest BCUT2D eigenvalue weighted by Gasteiger charge is 2.30. The van der Waals surface area contributed by atoms with Gasteiger partial charge in [-0.05, 0) is 51.0 Å². The molecule has 2 fully saturated rings. The Labute approximate surface area is 119 Å². The van der Waals surface area contributed by atoms with Crippen LogP contribution < -0.4 is 10.9 Å². The topological polar surface area (TPSA) is 67.2 Å². The Kier molecular flexibility index (Phi) is 4.17. The molecule has 110 valence electrons. The molecule has 0 aliphatic heterocycles. The second-order valence-electron chi connectivity index (χ2n) is 6.08. The minimum absolute atomic E-state index is 0.00451. The molecule has 2 atom stereocenters. The number of nitrogens with zero attached hydrogens (tertiary/aromatic N) is 2. The summed E-state index contributed by atoms with van der Waals surface area (Å²) in [5.74, 6) is 0. The minimum Gasteiger partial charge on any atom is -0.392 e. The van der Waals surface area contributed by atoms with Crippen LogP contribution in [0.15, 0.2) is 23.1 Å². The quantitative estimate of drug-likeness (QED) is 0.872. The normalized spacial score (nSPS) is 34.2. The van der Waals surface area contributed by atoms with Crippen molar-refractivity contribution in [3.63, 3.8) is 0 Å². The van der Waals surface area contributed by atoms with Gasteiger partial charge in [-0.2, -0.15) is 5.10 Å². The van der Waals surface area contributed by atoms with Crippen LogP contribution in [0.3, 0.4) is 0 Å². The fraction of sp³-hybridized carbons (Fsp3) is 0.733. The van der Waals surface area contributed by atoms with E-state index in [2.05, 4.69) is 10.4 Å². The molecule has 1 aromatic rings. The standard InChI is InChI=1S/C15H23N3O2/c19-14-4-1-3-13(14)17-11-6-8-12(9-7-11)18-15(20)5-2-10-16-18/h2,5,10-14,17,19H,1,3-4,6-9H2. The van der Waals surface area contributed by atoms with Crippen molar-refractivity contribution in [2.24, 2.45) is 0 Å². The van der Waals surface area contributed by atoms with E-state index >= 15 is 0 Å². The van der Waals surface area contributed by atoms with Crippen molar-refractivity contribution in [2.45, 2.75) is 69.2 Å². The van der Waals surface area contributed by atoms with Gasteiger partial charge >= 0.3 is 0 Å². The van der Waals surface area contributed by atoms with Crippen LogP contribution in [0.25, 0.3) is 0 Å². The summed E-state index contributed by atoms with van der Waals surface area (Å²) in [6.45, 7) is 0. The molecule has 2 aliphatic carbocycles. The maximum Gasteiger partial charge on any atom is 0.266 e. The molecule has 20 heavy (non-hydrogen) atoms. The van der Waals surface area contributed by atoms with Crippen LogP contribution in [0.1, 0.15) is 51.0 Å². The van der Waals surface area contributed by atoms with Gasteiger partial charge in [0.25, 0.3) is 5.56 Å². The summed E-state index contributed by atoms with van der Waals surface area (Å²) < 4.78 is 1.63. The maximum absolute atomic E-state index is 11.8. The second kappa shape index (κ2) is 6.06. The van der Waals surface area contributed by atoms with Crippen molar-refractivity contribution in [1.29, 1.82) is 0 Å². The van der Waals surface area contributed by atoms with Crippen molar-refractivity contribution < 1.29 is 5.11 Å². The van der Waals surface area contributed by atoms with Gasteiger partial charge in [-0.3, -0.25) is 4.79 Å². The van der Waals surface area contributed by atoms with Gasteiger partial charge in [0.05, 0.1) is 12.1 Å². The minimum atomic E-state index is -0.175. The van der Waals surface area contributed by atoms with E-state index in [0.29, 0.717) is 6.04 Å². The number of nitrogens with one attached hydrogen (secondary N) is 1. The third-order valence-electron chi connectivity index (χ3n) is 4.71. The Morgan fingerprint density at radius 3 is 2.65 bits per heavy atom. The molecule has 5 nitrogen and oxygen atoms in total. The first kappa shape index (κ1) is 13.8. The Morgan fingerprint density at radius 1 is 1.20 bits per heavy atom. The van der Waals surface area contributed by atoms with Crippen molar-refractivity contribution in [1.82, 2.24) is 15.1 Å². The lowest BCUT2D eigenvalue weighted by Crippen LogP contribution is -2.44. The van der Waals surface area contributed by atoms with Crippen LogP contribution >= 0.6 is 0 Å². The SMILES string of the molecule is O=c1cccnn1C1CCC(NC2CCCC2O)CC1. The fourth-order valence-corrected chi connectivity index (χ4v) is 3.57. The van der Waals surface area contributed by atoms with Crippen molar-refractivity contribution in [3.05, 3.63) is 28.7 Å². The van der Waals surface area contributed by atoms with E-state index in [1.54, 1.807) is 23.0 Å². The van der Waals surface area contributed by atoms with Crippen LogP contribution in [0.4, 0.5) is 0 Å². The van der Waals surface area contributed by atoms with Crippen LogP contribution in [-0.4, -0.2) is 33.1 Å². The highest BCUT2D eigenvalue weighted by atomic mass is 16.3. The lowest BCUT2D eigenvalue weighted by atomic mass is 9.90. The summed E-state index contributed by atoms with van der Waals surface area (Å²) in [6, 6.07) is 4.24. The molecular formula is C15H23N3O2. The third kappa shape index (κ3) is 2.94. The number of aliphatic hydroxyl groups excluding tert-OH is 1. The van der Waals surface area contributed by atoms with Gasteiger partial charge in [-0.25, -0.2) is 4.68 Å². The van der Waals surface area contributed by atoms with Crippen LogP contribution in [-0.2, 0) is 0 Å². The van der Waals surface area contributed by atoms with Gasteiger partial charge in [-0.15, -0.1) is 0 Å². The lowest BCUT2D eigenvalue weighted by Gasteiger charge is -2.32. The summed E-state index contributed by atoms with van der Waals surface area (Å²) in [6.07, 6.45) is 8.71. The first-order chi connectivity index (χ1) is 9.74. The predicted octanol–water partition coefficient (Wildman–Crippen LogP) is 1.23. The molecule has 1 heterocycles. The van der Waals surface area contributed by atoms with Crippen molar-refractivity contribution >= 4 is 0 Å². The Hall–Kier alpha value is -1.20. The van der Waals surface area contributed by atoms with E-state index in [0.717, 1.165) is 44.9 Å². The molecule has 2 N–H and O–H groups in total. The van der Waals surface area contributed by atoms with Crippen LogP contribution in [0.2, 0.25) is 0 Å². The molecule has 0 aromatic carbocycles. The Bertz CT molecular complexity index is 494. The number of hydrogen-bond acceptors (Lipinski definition) is 4. The zero-order valence-corrected chi connectivity index (χ0v) is 11.7. The molecule has 3 rings (SSSR count). The monoisotopic (exact) mass is 277 g/mol. The summed E-state index contributed by atoms with van der Waals surface area (Å²) in [7, 11) is 0. The lowest BCUT2D eigenvalue weighted by molar-refractivity contribution is 0.134. The van der Waals surface area contributed by atoms with E-state index in [-0.39, 0.29) is 23.7 Å². The maximum atomic E-state index is 11.8. The van der Waals surface area contributed by atoms with Crippen molar-refractivity contribution in [2.75, 3.05) is 0 Å². The number of rotatable bonds is 3. The average Bonchev–Trinajstić information content (AvgIpc) is 2.86. The Balaban J connectivity index is 1.54. The molecule has 0 amide bonds. The fourth-order valence-electron chi connectivity index (χ4n) is 3.57. The average molecular weight is 277 g/mol. The Morgan fingerprint density at radius 2 is 2.00 bits per heavy atom. The molecule has 0 saturated heterocycles.